The van der Waals surface area contributed by atoms with Crippen LogP contribution in [-0.4, -0.2) is 45.7 Å². The Kier molecular flexibility index (Phi) is 5.46. The quantitative estimate of drug-likeness (QED) is 0.570. The van der Waals surface area contributed by atoms with E-state index >= 15 is 0 Å². The van der Waals surface area contributed by atoms with Gasteiger partial charge in [-0.05, 0) is 86.6 Å². The number of fused-ring (bicyclic) bond motifs is 2. The average Bonchev–Trinajstić information content (AvgIpc) is 3.10. The smallest absolute Gasteiger partial charge is 0.291 e. The highest BCUT2D eigenvalue weighted by Crippen LogP contribution is 2.53. The van der Waals surface area contributed by atoms with E-state index in [0.717, 1.165) is 49.8 Å². The third-order valence-corrected chi connectivity index (χ3v) is 10.1. The summed E-state index contributed by atoms with van der Waals surface area (Å²) in [5.74, 6) is 2.62. The molecule has 3 bridgehead atoms. The minimum Gasteiger partial charge on any atom is -0.473 e. The Balaban J connectivity index is 1.21. The van der Waals surface area contributed by atoms with Crippen molar-refractivity contribution in [2.24, 2.45) is 29.4 Å². The number of carbonyl (C=O) groups is 1. The number of aliphatic hydroxyl groups is 1. The molecule has 5 unspecified atom stereocenters. The van der Waals surface area contributed by atoms with Crippen LogP contribution in [0.3, 0.4) is 0 Å². The van der Waals surface area contributed by atoms with E-state index in [1.807, 2.05) is 0 Å². The van der Waals surface area contributed by atoms with Crippen molar-refractivity contribution >= 4 is 17.7 Å². The largest absolute Gasteiger partial charge is 0.473 e. The molecule has 6 atom stereocenters. The van der Waals surface area contributed by atoms with Crippen molar-refractivity contribution in [3.05, 3.63) is 5.76 Å². The zero-order chi connectivity index (χ0) is 21.9. The Morgan fingerprint density at radius 3 is 2.75 bits per heavy atom. The molecule has 1 heterocycles. The molecule has 7 nitrogen and oxygen atoms in total. The van der Waals surface area contributed by atoms with Gasteiger partial charge in [-0.1, -0.05) is 12.8 Å². The summed E-state index contributed by atoms with van der Waals surface area (Å²) in [6, 6.07) is 0.116. The SMILES string of the molecule is NC1(COc2noc(C(=O)NC3C4CC5CC(C4)C3C[C@@H](O)C5)c2SC2CCCC2)CC1. The Morgan fingerprint density at radius 2 is 1.97 bits per heavy atom. The second-order valence-corrected chi connectivity index (χ2v) is 12.5. The molecule has 5 fully saturated rings. The van der Waals surface area contributed by atoms with Crippen molar-refractivity contribution < 1.29 is 19.2 Å². The van der Waals surface area contributed by atoms with Gasteiger partial charge in [-0.25, -0.2) is 0 Å². The van der Waals surface area contributed by atoms with Gasteiger partial charge in [0.2, 0.25) is 5.76 Å². The summed E-state index contributed by atoms with van der Waals surface area (Å²) in [7, 11) is 0. The molecule has 32 heavy (non-hydrogen) atoms. The highest BCUT2D eigenvalue weighted by atomic mass is 32.2. The topological polar surface area (TPSA) is 111 Å². The first-order chi connectivity index (χ1) is 15.5. The van der Waals surface area contributed by atoms with Crippen LogP contribution in [0.5, 0.6) is 5.88 Å². The Labute approximate surface area is 193 Å². The number of amides is 1. The fraction of sp³-hybridized carbons (Fsp3) is 0.833. The van der Waals surface area contributed by atoms with Gasteiger partial charge in [-0.3, -0.25) is 4.79 Å². The average molecular weight is 462 g/mol. The zero-order valence-electron chi connectivity index (χ0n) is 18.6. The first-order valence-corrected chi connectivity index (χ1v) is 13.4. The van der Waals surface area contributed by atoms with Crippen LogP contribution in [-0.2, 0) is 0 Å². The van der Waals surface area contributed by atoms with E-state index in [9.17, 15) is 9.90 Å². The summed E-state index contributed by atoms with van der Waals surface area (Å²) >= 11 is 1.68. The van der Waals surface area contributed by atoms with Crippen molar-refractivity contribution in [1.29, 1.82) is 0 Å². The van der Waals surface area contributed by atoms with Crippen LogP contribution in [0.25, 0.3) is 0 Å². The van der Waals surface area contributed by atoms with Crippen molar-refractivity contribution in [3.8, 4) is 5.88 Å². The molecule has 5 saturated carbocycles. The second-order valence-electron chi connectivity index (χ2n) is 11.2. The maximum atomic E-state index is 13.5. The predicted octanol–water partition coefficient (Wildman–Crippen LogP) is 3.49. The van der Waals surface area contributed by atoms with Crippen LogP contribution in [0.1, 0.15) is 81.2 Å². The summed E-state index contributed by atoms with van der Waals surface area (Å²) < 4.78 is 11.6. The molecule has 6 rings (SSSR count). The van der Waals surface area contributed by atoms with Crippen LogP contribution in [0, 0.1) is 23.7 Å². The van der Waals surface area contributed by atoms with E-state index in [2.05, 4.69) is 10.5 Å². The van der Waals surface area contributed by atoms with Crippen LogP contribution < -0.4 is 15.8 Å². The summed E-state index contributed by atoms with van der Waals surface area (Å²) in [6.45, 7) is 0.409. The van der Waals surface area contributed by atoms with Crippen LogP contribution in [0.15, 0.2) is 9.42 Å². The van der Waals surface area contributed by atoms with E-state index in [4.69, 9.17) is 15.0 Å². The number of aliphatic hydroxyl groups excluding tert-OH is 1. The number of nitrogens with one attached hydrogen (secondary N) is 1. The molecule has 0 radical (unpaired) electrons. The van der Waals surface area contributed by atoms with Gasteiger partial charge in [-0.15, -0.1) is 11.8 Å². The fourth-order valence-corrected chi connectivity index (χ4v) is 8.22. The minimum atomic E-state index is -0.254. The third kappa shape index (κ3) is 4.07. The highest BCUT2D eigenvalue weighted by molar-refractivity contribution is 8.00. The van der Waals surface area contributed by atoms with Gasteiger partial charge in [0.15, 0.2) is 0 Å². The molecular formula is C24H35N3O4S. The van der Waals surface area contributed by atoms with E-state index in [1.165, 1.54) is 25.7 Å². The van der Waals surface area contributed by atoms with Gasteiger partial charge in [0.25, 0.3) is 11.8 Å². The number of hydrogen-bond acceptors (Lipinski definition) is 7. The summed E-state index contributed by atoms with van der Waals surface area (Å²) in [6.07, 6.45) is 11.6. The third-order valence-electron chi connectivity index (χ3n) is 8.70. The first kappa shape index (κ1) is 21.3. The maximum absolute atomic E-state index is 13.5. The Bertz CT molecular complexity index is 865. The summed E-state index contributed by atoms with van der Waals surface area (Å²) in [5, 5.41) is 18.4. The van der Waals surface area contributed by atoms with Crippen LogP contribution in [0.4, 0.5) is 0 Å². The normalized spacial score (nSPS) is 37.4. The number of carbonyl (C=O) groups excluding carboxylic acids is 1. The summed E-state index contributed by atoms with van der Waals surface area (Å²) in [4.78, 5) is 14.2. The molecule has 1 amide bonds. The molecule has 0 spiro atoms. The molecular weight excluding hydrogens is 426 g/mol. The van der Waals surface area contributed by atoms with Gasteiger partial charge in [0, 0.05) is 11.3 Å². The Hall–Kier alpha value is -1.25. The molecule has 8 heteroatoms. The molecule has 1 aromatic heterocycles. The van der Waals surface area contributed by atoms with Gasteiger partial charge in [-0.2, -0.15) is 0 Å². The second kappa shape index (κ2) is 8.20. The van der Waals surface area contributed by atoms with Crippen LogP contribution in [0.2, 0.25) is 0 Å². The lowest BCUT2D eigenvalue weighted by atomic mass is 9.79. The lowest BCUT2D eigenvalue weighted by molar-refractivity contribution is 0.0787. The number of nitrogens with two attached hydrogens (primary N) is 1. The first-order valence-electron chi connectivity index (χ1n) is 12.5. The van der Waals surface area contributed by atoms with Gasteiger partial charge in [0.05, 0.1) is 11.6 Å². The standard InChI is InChI=1S/C24H35N3O4S/c25-24(5-6-24)12-30-23-21(32-17-3-1-2-4-17)20(31-27-23)22(29)26-19-15-8-13-7-14(10-15)18(19)11-16(28)9-13/h13-19,28H,1-12,25H2,(H,26,29)/t13?,14?,15?,16-,18?,19?/m0/s1. The minimum absolute atomic E-state index is 0.116. The number of aromatic nitrogens is 1. The monoisotopic (exact) mass is 461 g/mol. The fourth-order valence-electron chi connectivity index (χ4n) is 6.89. The van der Waals surface area contributed by atoms with Gasteiger partial charge < -0.3 is 25.4 Å². The lowest BCUT2D eigenvalue weighted by Crippen LogP contribution is -2.43. The maximum Gasteiger partial charge on any atom is 0.291 e. The van der Waals surface area contributed by atoms with Crippen molar-refractivity contribution in [2.45, 2.75) is 98.5 Å². The molecule has 4 N–H and O–H groups in total. The van der Waals surface area contributed by atoms with Crippen LogP contribution >= 0.6 is 11.8 Å². The molecule has 176 valence electrons. The van der Waals surface area contributed by atoms with E-state index < -0.39 is 0 Å². The van der Waals surface area contributed by atoms with Crippen molar-refractivity contribution in [2.75, 3.05) is 6.61 Å². The van der Waals surface area contributed by atoms with Crippen molar-refractivity contribution in [3.63, 3.8) is 0 Å². The predicted molar refractivity (Wildman–Crippen MR) is 121 cm³/mol. The number of nitrogens with zero attached hydrogens (tertiary/aromatic N) is 1. The summed E-state index contributed by atoms with van der Waals surface area (Å²) in [5.41, 5.74) is 5.95. The number of ether oxygens (including phenoxy) is 1. The van der Waals surface area contributed by atoms with E-state index in [-0.39, 0.29) is 29.4 Å². The number of hydrogen-bond donors (Lipinski definition) is 3. The molecule has 0 saturated heterocycles. The number of thioether (sulfide) groups is 1. The highest BCUT2D eigenvalue weighted by Gasteiger charge is 2.51. The van der Waals surface area contributed by atoms with E-state index in [0.29, 0.717) is 41.4 Å². The number of rotatable bonds is 7. The molecule has 0 aliphatic heterocycles. The zero-order valence-corrected chi connectivity index (χ0v) is 19.4. The Morgan fingerprint density at radius 1 is 1.19 bits per heavy atom. The van der Waals surface area contributed by atoms with Gasteiger partial charge >= 0.3 is 0 Å². The molecule has 1 aromatic rings. The van der Waals surface area contributed by atoms with Gasteiger partial charge in [0.1, 0.15) is 11.5 Å². The molecule has 0 aromatic carbocycles. The molecule has 5 aliphatic rings. The van der Waals surface area contributed by atoms with E-state index in [1.54, 1.807) is 11.8 Å². The van der Waals surface area contributed by atoms with Crippen molar-refractivity contribution in [1.82, 2.24) is 10.5 Å². The lowest BCUT2D eigenvalue weighted by Gasteiger charge is -2.31. The molecule has 5 aliphatic carbocycles.